The first-order chi connectivity index (χ1) is 9.97. The molecule has 0 aliphatic carbocycles. The number of aliphatic hydroxyl groups is 1. The number of aromatic nitrogens is 1. The van der Waals surface area contributed by atoms with E-state index >= 15 is 0 Å². The van der Waals surface area contributed by atoms with Crippen LogP contribution in [0.4, 0.5) is 5.82 Å². The highest BCUT2D eigenvalue weighted by Crippen LogP contribution is 2.14. The fourth-order valence-electron chi connectivity index (χ4n) is 2.49. The predicted octanol–water partition coefficient (Wildman–Crippen LogP) is 0.286. The number of piperazine rings is 1. The topological polar surface area (TPSA) is 59.9 Å². The van der Waals surface area contributed by atoms with Crippen LogP contribution in [-0.2, 0) is 0 Å². The standard InChI is InChI=1S/C15H24N4O2/c1-12(20)11-18-6-8-19(9-7-18)14-5-4-13(10-16-14)15(21)17(2)3/h4-5,10,12,20H,6-9,11H2,1-3H3/t12-/m1/s1. The molecule has 1 saturated heterocycles. The Bertz CT molecular complexity index is 465. The van der Waals surface area contributed by atoms with Crippen molar-refractivity contribution in [3.63, 3.8) is 0 Å². The van der Waals surface area contributed by atoms with E-state index in [0.29, 0.717) is 5.56 Å². The van der Waals surface area contributed by atoms with Crippen molar-refractivity contribution in [2.24, 2.45) is 0 Å². The number of hydrogen-bond donors (Lipinski definition) is 1. The number of hydrogen-bond acceptors (Lipinski definition) is 5. The lowest BCUT2D eigenvalue weighted by Gasteiger charge is -2.35. The van der Waals surface area contributed by atoms with Crippen molar-refractivity contribution >= 4 is 11.7 Å². The monoisotopic (exact) mass is 292 g/mol. The summed E-state index contributed by atoms with van der Waals surface area (Å²) in [5.74, 6) is 0.873. The summed E-state index contributed by atoms with van der Waals surface area (Å²) in [6, 6.07) is 3.73. The molecule has 0 aromatic carbocycles. The maximum atomic E-state index is 11.8. The van der Waals surface area contributed by atoms with Crippen molar-refractivity contribution < 1.29 is 9.90 Å². The lowest BCUT2D eigenvalue weighted by Crippen LogP contribution is -2.48. The van der Waals surface area contributed by atoms with E-state index in [1.54, 1.807) is 25.2 Å². The molecule has 1 N–H and O–H groups in total. The molecule has 1 aliphatic rings. The number of anilines is 1. The summed E-state index contributed by atoms with van der Waals surface area (Å²) >= 11 is 0. The van der Waals surface area contributed by atoms with Gasteiger partial charge >= 0.3 is 0 Å². The van der Waals surface area contributed by atoms with Crippen LogP contribution in [0.5, 0.6) is 0 Å². The molecular weight excluding hydrogens is 268 g/mol. The second-order valence-electron chi connectivity index (χ2n) is 5.74. The Hall–Kier alpha value is -1.66. The van der Waals surface area contributed by atoms with E-state index < -0.39 is 0 Å². The van der Waals surface area contributed by atoms with Crippen LogP contribution >= 0.6 is 0 Å². The molecule has 1 aliphatic heterocycles. The Balaban J connectivity index is 1.93. The maximum absolute atomic E-state index is 11.8. The minimum atomic E-state index is -0.286. The molecule has 0 radical (unpaired) electrons. The Labute approximate surface area is 126 Å². The van der Waals surface area contributed by atoms with E-state index in [1.807, 2.05) is 19.1 Å². The third kappa shape index (κ3) is 4.15. The highest BCUT2D eigenvalue weighted by molar-refractivity contribution is 5.93. The van der Waals surface area contributed by atoms with Crippen LogP contribution in [0, 0.1) is 0 Å². The molecule has 1 aromatic heterocycles. The van der Waals surface area contributed by atoms with Crippen LogP contribution in [0.15, 0.2) is 18.3 Å². The summed E-state index contributed by atoms with van der Waals surface area (Å²) in [5.41, 5.74) is 0.608. The van der Waals surface area contributed by atoms with Crippen LogP contribution in [-0.4, -0.2) is 78.7 Å². The minimum absolute atomic E-state index is 0.0317. The van der Waals surface area contributed by atoms with Gasteiger partial charge in [-0.05, 0) is 19.1 Å². The zero-order valence-corrected chi connectivity index (χ0v) is 13.0. The van der Waals surface area contributed by atoms with Gasteiger partial charge in [-0.15, -0.1) is 0 Å². The molecular formula is C15H24N4O2. The SMILES string of the molecule is C[C@@H](O)CN1CCN(c2ccc(C(=O)N(C)C)cn2)CC1. The lowest BCUT2D eigenvalue weighted by molar-refractivity contribution is 0.0827. The molecule has 116 valence electrons. The van der Waals surface area contributed by atoms with Crippen LogP contribution < -0.4 is 4.90 Å². The molecule has 1 aromatic rings. The first kappa shape index (κ1) is 15.7. The van der Waals surface area contributed by atoms with E-state index in [9.17, 15) is 9.90 Å². The smallest absolute Gasteiger partial charge is 0.254 e. The molecule has 0 spiro atoms. The van der Waals surface area contributed by atoms with Gasteiger partial charge in [0.15, 0.2) is 0 Å². The Morgan fingerprint density at radius 1 is 1.33 bits per heavy atom. The largest absolute Gasteiger partial charge is 0.392 e. The normalized spacial score (nSPS) is 17.6. The van der Waals surface area contributed by atoms with Crippen molar-refractivity contribution in [2.75, 3.05) is 51.7 Å². The first-order valence-corrected chi connectivity index (χ1v) is 7.30. The Kier molecular flexibility index (Phi) is 5.14. The molecule has 1 atom stereocenters. The highest BCUT2D eigenvalue weighted by Gasteiger charge is 2.19. The van der Waals surface area contributed by atoms with Crippen molar-refractivity contribution in [2.45, 2.75) is 13.0 Å². The van der Waals surface area contributed by atoms with Crippen molar-refractivity contribution in [3.8, 4) is 0 Å². The van der Waals surface area contributed by atoms with Crippen molar-refractivity contribution in [3.05, 3.63) is 23.9 Å². The Morgan fingerprint density at radius 2 is 2.00 bits per heavy atom. The van der Waals surface area contributed by atoms with E-state index in [0.717, 1.165) is 38.5 Å². The number of β-amino-alcohol motifs (C(OH)–C–C–N with tert-alkyl or cyclic N) is 1. The molecule has 2 rings (SSSR count). The minimum Gasteiger partial charge on any atom is -0.392 e. The number of carbonyl (C=O) groups is 1. The van der Waals surface area contributed by atoms with Crippen LogP contribution in [0.1, 0.15) is 17.3 Å². The zero-order valence-electron chi connectivity index (χ0n) is 13.0. The third-order valence-electron chi connectivity index (χ3n) is 3.62. The van der Waals surface area contributed by atoms with Gasteiger partial charge in [-0.25, -0.2) is 4.98 Å². The molecule has 2 heterocycles. The molecule has 1 fully saturated rings. The van der Waals surface area contributed by atoms with Gasteiger partial charge in [-0.1, -0.05) is 0 Å². The quantitative estimate of drug-likeness (QED) is 0.864. The first-order valence-electron chi connectivity index (χ1n) is 7.30. The fourth-order valence-corrected chi connectivity index (χ4v) is 2.49. The van der Waals surface area contributed by atoms with E-state index in [4.69, 9.17) is 0 Å². The number of amides is 1. The van der Waals surface area contributed by atoms with Gasteiger partial charge in [0, 0.05) is 53.0 Å². The van der Waals surface area contributed by atoms with E-state index in [-0.39, 0.29) is 12.0 Å². The molecule has 21 heavy (non-hydrogen) atoms. The molecule has 6 heteroatoms. The van der Waals surface area contributed by atoms with Crippen LogP contribution in [0.2, 0.25) is 0 Å². The maximum Gasteiger partial charge on any atom is 0.254 e. The molecule has 0 unspecified atom stereocenters. The third-order valence-corrected chi connectivity index (χ3v) is 3.62. The summed E-state index contributed by atoms with van der Waals surface area (Å²) in [4.78, 5) is 22.2. The van der Waals surface area contributed by atoms with Gasteiger partial charge < -0.3 is 14.9 Å². The second kappa shape index (κ2) is 6.87. The fraction of sp³-hybridized carbons (Fsp3) is 0.600. The number of aliphatic hydroxyl groups excluding tert-OH is 1. The lowest BCUT2D eigenvalue weighted by atomic mass is 10.2. The van der Waals surface area contributed by atoms with Crippen LogP contribution in [0.3, 0.4) is 0 Å². The molecule has 6 nitrogen and oxygen atoms in total. The molecule has 1 amide bonds. The van der Waals surface area contributed by atoms with E-state index in [1.165, 1.54) is 0 Å². The summed E-state index contributed by atoms with van der Waals surface area (Å²) in [5, 5.41) is 9.41. The highest BCUT2D eigenvalue weighted by atomic mass is 16.3. The number of nitrogens with zero attached hydrogens (tertiary/aromatic N) is 4. The number of pyridine rings is 1. The molecule has 0 saturated carbocycles. The van der Waals surface area contributed by atoms with E-state index in [2.05, 4.69) is 14.8 Å². The van der Waals surface area contributed by atoms with Gasteiger partial charge in [0.1, 0.15) is 5.82 Å². The molecule has 0 bridgehead atoms. The number of carbonyl (C=O) groups excluding carboxylic acids is 1. The van der Waals surface area contributed by atoms with Gasteiger partial charge in [0.25, 0.3) is 5.91 Å². The average molecular weight is 292 g/mol. The second-order valence-corrected chi connectivity index (χ2v) is 5.74. The summed E-state index contributed by atoms with van der Waals surface area (Å²) < 4.78 is 0. The summed E-state index contributed by atoms with van der Waals surface area (Å²) in [6.07, 6.45) is 1.35. The van der Waals surface area contributed by atoms with Gasteiger partial charge in [0.05, 0.1) is 11.7 Å². The van der Waals surface area contributed by atoms with Crippen molar-refractivity contribution in [1.82, 2.24) is 14.8 Å². The summed E-state index contributed by atoms with van der Waals surface area (Å²) in [6.45, 7) is 6.16. The predicted molar refractivity (Wildman–Crippen MR) is 82.6 cm³/mol. The van der Waals surface area contributed by atoms with Gasteiger partial charge in [-0.2, -0.15) is 0 Å². The zero-order chi connectivity index (χ0) is 15.4. The van der Waals surface area contributed by atoms with Gasteiger partial charge in [-0.3, -0.25) is 9.69 Å². The summed E-state index contributed by atoms with van der Waals surface area (Å²) in [7, 11) is 3.47. The van der Waals surface area contributed by atoms with Crippen molar-refractivity contribution in [1.29, 1.82) is 0 Å². The van der Waals surface area contributed by atoms with Crippen LogP contribution in [0.25, 0.3) is 0 Å². The average Bonchev–Trinajstić information content (AvgIpc) is 2.47. The Morgan fingerprint density at radius 3 is 2.48 bits per heavy atom. The van der Waals surface area contributed by atoms with Gasteiger partial charge in [0.2, 0.25) is 0 Å². The number of rotatable bonds is 4.